The van der Waals surface area contributed by atoms with Gasteiger partial charge >= 0.3 is 5.97 Å². The quantitative estimate of drug-likeness (QED) is 0.0908. The van der Waals surface area contributed by atoms with Gasteiger partial charge in [-0.1, -0.05) is 7.43 Å². The molecular weight excluding hydrogens is 890 g/mol. The molecule has 0 aromatic carbocycles. The molecule has 2 fully saturated rings. The van der Waals surface area contributed by atoms with E-state index in [-0.39, 0.29) is 90.7 Å². The molecule has 22 heteroatoms. The molecule has 4 aromatic heterocycles. The van der Waals surface area contributed by atoms with Crippen LogP contribution < -0.4 is 25.8 Å². The van der Waals surface area contributed by atoms with Crippen LogP contribution in [0.3, 0.4) is 0 Å². The molecule has 1 radical (unpaired) electrons. The second-order valence-electron chi connectivity index (χ2n) is 11.4. The van der Waals surface area contributed by atoms with E-state index in [1.54, 1.807) is 0 Å². The van der Waals surface area contributed by atoms with Crippen LogP contribution in [0.25, 0.3) is 0 Å². The normalized spacial score (nSPS) is 18.3. The van der Waals surface area contributed by atoms with Gasteiger partial charge in [0.25, 0.3) is 5.91 Å². The first-order valence-electron chi connectivity index (χ1n) is 15.9. The van der Waals surface area contributed by atoms with Crippen molar-refractivity contribution in [2.45, 2.75) is 32.4 Å². The van der Waals surface area contributed by atoms with Gasteiger partial charge in [0.1, 0.15) is 11.1 Å². The van der Waals surface area contributed by atoms with Crippen molar-refractivity contribution in [3.05, 3.63) is 64.6 Å². The average molecular weight is 930 g/mol. The third-order valence-corrected chi connectivity index (χ3v) is 8.11. The fourth-order valence-corrected chi connectivity index (χ4v) is 5.49. The van der Waals surface area contributed by atoms with E-state index in [1.165, 1.54) is 48.1 Å². The second-order valence-corrected chi connectivity index (χ2v) is 11.4. The summed E-state index contributed by atoms with van der Waals surface area (Å²) >= 11 is 1.90. The molecule has 0 aliphatic carbocycles. The summed E-state index contributed by atoms with van der Waals surface area (Å²) in [5, 5.41) is 42.2. The van der Waals surface area contributed by atoms with E-state index < -0.39 is 29.8 Å². The topological polar surface area (TPSA) is 250 Å². The number of nitrogens with zero attached hydrogens (tertiary/aromatic N) is 8. The van der Waals surface area contributed by atoms with Gasteiger partial charge in [-0.15, -0.1) is 0 Å². The predicted octanol–water partition coefficient (Wildman–Crippen LogP) is 5.18. The number of carbonyl (C=O) groups is 2. The zero-order valence-electron chi connectivity index (χ0n) is 29.4. The van der Waals surface area contributed by atoms with Crippen LogP contribution in [0.5, 0.6) is 11.8 Å². The molecule has 0 saturated carbocycles. The minimum Gasteiger partial charge on any atom is -0.481 e. The molecule has 6 rings (SSSR count). The number of pyridine rings is 2. The van der Waals surface area contributed by atoms with E-state index in [0.29, 0.717) is 38.3 Å². The van der Waals surface area contributed by atoms with Crippen molar-refractivity contribution in [2.24, 2.45) is 17.6 Å². The number of primary amides is 1. The van der Waals surface area contributed by atoms with E-state index in [4.69, 9.17) is 24.7 Å². The maximum Gasteiger partial charge on any atom is 0.341 e. The van der Waals surface area contributed by atoms with Gasteiger partial charge in [0.15, 0.2) is 11.6 Å². The van der Waals surface area contributed by atoms with Gasteiger partial charge in [-0.05, 0) is 12.8 Å². The summed E-state index contributed by atoms with van der Waals surface area (Å²) in [6.07, 6.45) is 3.91. The Kier molecular flexibility index (Phi) is 18.9. The molecule has 2 aliphatic rings. The third-order valence-electron chi connectivity index (χ3n) is 8.11. The van der Waals surface area contributed by atoms with Gasteiger partial charge in [-0.25, -0.2) is 4.79 Å². The zero-order valence-corrected chi connectivity index (χ0v) is 32.9. The minimum atomic E-state index is -1.20. The van der Waals surface area contributed by atoms with Crippen LogP contribution in [-0.4, -0.2) is 87.2 Å². The number of carbonyl (C=O) groups excluding carboxylic acids is 1. The van der Waals surface area contributed by atoms with Crippen LogP contribution >= 0.6 is 22.6 Å². The Labute approximate surface area is 346 Å². The van der Waals surface area contributed by atoms with Crippen molar-refractivity contribution in [3.8, 4) is 23.9 Å². The van der Waals surface area contributed by atoms with Crippen LogP contribution in [0.2, 0.25) is 0 Å². The number of hydrogen-bond acceptors (Lipinski definition) is 14. The number of hydrogen-bond donors (Lipinski definition) is 4. The Morgan fingerprint density at radius 3 is 1.66 bits per heavy atom. The molecule has 6 heterocycles. The molecule has 4 atom stereocenters. The first-order valence-corrected chi connectivity index (χ1v) is 17.5. The fourth-order valence-electron chi connectivity index (χ4n) is 5.49. The summed E-state index contributed by atoms with van der Waals surface area (Å²) in [5.41, 5.74) is 5.96. The summed E-state index contributed by atoms with van der Waals surface area (Å²) < 4.78 is 50.6. The summed E-state index contributed by atoms with van der Waals surface area (Å²) in [6, 6.07) is 8.78. The smallest absolute Gasteiger partial charge is 0.341 e. The van der Waals surface area contributed by atoms with E-state index in [2.05, 4.69) is 47.9 Å². The predicted molar refractivity (Wildman–Crippen MR) is 201 cm³/mol. The van der Waals surface area contributed by atoms with Crippen LogP contribution in [-0.2, 0) is 28.0 Å². The largest absolute Gasteiger partial charge is 0.481 e. The Balaban J connectivity index is 0.000000358. The molecule has 5 N–H and O–H groups in total. The molecule has 2 saturated heterocycles. The second kappa shape index (κ2) is 22.5. The Hall–Kier alpha value is -5.07. The van der Waals surface area contributed by atoms with Gasteiger partial charge in [-0.2, -0.15) is 39.5 Å². The summed E-state index contributed by atoms with van der Waals surface area (Å²) in [5.74, 6) is -3.81. The van der Waals surface area contributed by atoms with Gasteiger partial charge in [0.05, 0.1) is 63.5 Å². The maximum absolute atomic E-state index is 13.6. The number of amides is 1. The standard InChI is InChI=1S/C16H17FN6O3.C16H16FN5O4.CH2I.CH4.V/c1-25-14-5-10(4-13(17)21-14)20-16-11(15(19)24)7-23(22-16)12-8-26-3-2-9(12)6-18;1-25-14-5-10(4-13(17)20-14)19-15-11(16(23)24)7-22(21-15)12-8-26-3-2-9(12)6-18;1-2;;/h4-5,7,9,12H,2-3,8H2,1H3,(H2,19,24)(H,20,21,22);4-5,7,9,12H,2-3,8H2,1H3,(H,23,24)(H,19,20,21);1H2;1H4;/q;;-1;;/t2*9-,12+;;;/m11.../s1. The van der Waals surface area contributed by atoms with Crippen LogP contribution in [0.1, 0.15) is 53.1 Å². The number of carboxylic acids is 1. The number of nitrogens with one attached hydrogen (secondary N) is 2. The number of carboxylic acid groups (broad SMARTS) is 1. The number of aromatic carboxylic acids is 1. The summed E-state index contributed by atoms with van der Waals surface area (Å²) in [4.78, 5) is 33.6. The minimum absolute atomic E-state index is 0. The van der Waals surface area contributed by atoms with Crippen LogP contribution in [0.4, 0.5) is 31.8 Å². The number of rotatable bonds is 10. The molecule has 0 spiro atoms. The van der Waals surface area contributed by atoms with Crippen molar-refractivity contribution in [3.63, 3.8) is 0 Å². The number of aromatic nitrogens is 6. The van der Waals surface area contributed by atoms with Crippen molar-refractivity contribution in [1.29, 1.82) is 10.5 Å². The number of ether oxygens (including phenoxy) is 4. The first-order chi connectivity index (χ1) is 26.0. The number of nitriles is 2. The monoisotopic (exact) mass is 929 g/mol. The van der Waals surface area contributed by atoms with Gasteiger partial charge in [-0.3, -0.25) is 19.1 Å². The molecule has 0 bridgehead atoms. The van der Waals surface area contributed by atoms with Crippen LogP contribution in [0.15, 0.2) is 36.7 Å². The number of methoxy groups -OCH3 is 2. The van der Waals surface area contributed by atoms with Crippen molar-refractivity contribution in [1.82, 2.24) is 29.5 Å². The molecule has 4 aromatic rings. The van der Waals surface area contributed by atoms with Gasteiger partial charge in [0, 0.05) is 79.8 Å². The first kappa shape index (κ1) is 47.1. The van der Waals surface area contributed by atoms with E-state index in [0.717, 1.165) is 12.1 Å². The van der Waals surface area contributed by atoms with Crippen molar-refractivity contribution < 1.29 is 61.0 Å². The molecule has 0 unspecified atom stereocenters. The van der Waals surface area contributed by atoms with E-state index in [9.17, 15) is 34.0 Å². The summed E-state index contributed by atoms with van der Waals surface area (Å²) in [6.45, 7) is 1.54. The van der Waals surface area contributed by atoms with Crippen LogP contribution in [0, 0.1) is 51.3 Å². The molecule has 18 nitrogen and oxygen atoms in total. The summed E-state index contributed by atoms with van der Waals surface area (Å²) in [7, 11) is 2.70. The average Bonchev–Trinajstić information content (AvgIpc) is 3.80. The van der Waals surface area contributed by atoms with Crippen molar-refractivity contribution >= 4 is 57.5 Å². The zero-order chi connectivity index (χ0) is 39.4. The van der Waals surface area contributed by atoms with E-state index in [1.807, 2.05) is 22.6 Å². The van der Waals surface area contributed by atoms with Gasteiger partial charge in [0.2, 0.25) is 23.7 Å². The number of halogens is 3. The Bertz CT molecular complexity index is 1880. The third kappa shape index (κ3) is 12.0. The molecule has 2 aliphatic heterocycles. The van der Waals surface area contributed by atoms with Gasteiger partial charge < -0.3 is 63.0 Å². The molecular formula is C34H39F2IN11O7V-. The molecule has 299 valence electrons. The van der Waals surface area contributed by atoms with Crippen molar-refractivity contribution in [2.75, 3.05) is 51.3 Å². The fraction of sp³-hybridized carbons (Fsp3) is 0.382. The SMILES string of the molecule is C.COc1cc(Nc2nn([C@H]3COCC[C@@H]3C#N)cc2C(=O)O)cc(F)n1.COc1cc(Nc2nn([C@H]3COCC[C@@H]3C#N)cc2C(N)=O)cc(F)n1.[CH2-]I.[V]. The Morgan fingerprint density at radius 2 is 1.29 bits per heavy atom. The number of nitrogens with two attached hydrogens (primary N) is 1. The maximum atomic E-state index is 13.6. The molecule has 1 amide bonds. The van der Waals surface area contributed by atoms with E-state index >= 15 is 0 Å². The molecule has 56 heavy (non-hydrogen) atoms. The number of anilines is 4. The Morgan fingerprint density at radius 1 is 0.875 bits per heavy atom.